The van der Waals surface area contributed by atoms with Crippen molar-refractivity contribution in [2.75, 3.05) is 6.54 Å². The lowest BCUT2D eigenvalue weighted by atomic mass is 10.2. The normalized spacial score (nSPS) is 14.9. The van der Waals surface area contributed by atoms with E-state index in [1.165, 1.54) is 18.2 Å². The zero-order chi connectivity index (χ0) is 22.5. The van der Waals surface area contributed by atoms with Crippen molar-refractivity contribution in [3.8, 4) is 11.6 Å². The van der Waals surface area contributed by atoms with E-state index in [0.29, 0.717) is 11.3 Å². The fourth-order valence-electron chi connectivity index (χ4n) is 2.51. The van der Waals surface area contributed by atoms with Crippen LogP contribution < -0.4 is 4.74 Å². The number of pyridine rings is 1. The van der Waals surface area contributed by atoms with Crippen LogP contribution in [0.1, 0.15) is 19.4 Å². The Morgan fingerprint density at radius 3 is 2.52 bits per heavy atom. The Balaban J connectivity index is 1.65. The molecule has 2 heterocycles. The summed E-state index contributed by atoms with van der Waals surface area (Å²) in [6.07, 6.45) is 2.29. The zero-order valence-electron chi connectivity index (χ0n) is 16.5. The van der Waals surface area contributed by atoms with Crippen molar-refractivity contribution in [1.29, 1.82) is 0 Å². The number of rotatable bonds is 7. The monoisotopic (exact) mass is 443 g/mol. The Morgan fingerprint density at radius 1 is 1.23 bits per heavy atom. The molecular formula is C20H17N3O7S. The molecule has 1 aliphatic heterocycles. The van der Waals surface area contributed by atoms with Crippen LogP contribution in [0.15, 0.2) is 47.5 Å². The van der Waals surface area contributed by atoms with Crippen LogP contribution in [-0.4, -0.2) is 44.6 Å². The van der Waals surface area contributed by atoms with Crippen LogP contribution in [0.5, 0.6) is 11.6 Å². The van der Waals surface area contributed by atoms with Crippen LogP contribution >= 0.6 is 11.8 Å². The number of esters is 1. The van der Waals surface area contributed by atoms with Gasteiger partial charge in [0.15, 0.2) is 0 Å². The number of carbonyl (C=O) groups excluding carboxylic acids is 3. The molecule has 0 unspecified atom stereocenters. The van der Waals surface area contributed by atoms with Crippen molar-refractivity contribution >= 4 is 40.6 Å². The van der Waals surface area contributed by atoms with Crippen LogP contribution in [0.3, 0.4) is 0 Å². The first-order chi connectivity index (χ1) is 14.7. The number of hydrogen-bond acceptors (Lipinski definition) is 9. The van der Waals surface area contributed by atoms with Crippen LogP contribution in [0.4, 0.5) is 10.5 Å². The first-order valence-electron chi connectivity index (χ1n) is 9.06. The molecule has 0 radical (unpaired) electrons. The molecule has 2 amide bonds. The molecule has 1 fully saturated rings. The number of aromatic nitrogens is 1. The smallest absolute Gasteiger partial charge is 0.326 e. The van der Waals surface area contributed by atoms with E-state index in [1.807, 2.05) is 0 Å². The molecule has 0 spiro atoms. The van der Waals surface area contributed by atoms with Crippen molar-refractivity contribution < 1.29 is 28.8 Å². The average molecular weight is 443 g/mol. The van der Waals surface area contributed by atoms with Gasteiger partial charge in [0.25, 0.3) is 16.8 Å². The molecule has 1 aliphatic rings. The first kappa shape index (κ1) is 22.0. The quantitative estimate of drug-likeness (QED) is 0.272. The molecule has 0 bridgehead atoms. The van der Waals surface area contributed by atoms with Gasteiger partial charge in [0.1, 0.15) is 18.5 Å². The molecule has 1 aromatic carbocycles. The average Bonchev–Trinajstić information content (AvgIpc) is 2.96. The Kier molecular flexibility index (Phi) is 6.65. The Hall–Kier alpha value is -3.73. The number of nitrogens with zero attached hydrogens (tertiary/aromatic N) is 3. The Labute approximate surface area is 181 Å². The van der Waals surface area contributed by atoms with E-state index >= 15 is 0 Å². The second-order valence-corrected chi connectivity index (χ2v) is 7.58. The summed E-state index contributed by atoms with van der Waals surface area (Å²) in [6, 6.07) is 9.25. The minimum Gasteiger partial charge on any atom is -0.462 e. The van der Waals surface area contributed by atoms with Gasteiger partial charge in [-0.05, 0) is 49.4 Å². The van der Waals surface area contributed by atoms with Crippen molar-refractivity contribution in [3.63, 3.8) is 0 Å². The zero-order valence-corrected chi connectivity index (χ0v) is 17.3. The maximum Gasteiger partial charge on any atom is 0.326 e. The van der Waals surface area contributed by atoms with Crippen LogP contribution in [0.2, 0.25) is 0 Å². The fourth-order valence-corrected chi connectivity index (χ4v) is 3.35. The molecule has 31 heavy (non-hydrogen) atoms. The van der Waals surface area contributed by atoms with Gasteiger partial charge >= 0.3 is 5.97 Å². The third-order valence-electron chi connectivity index (χ3n) is 3.86. The third kappa shape index (κ3) is 5.66. The number of benzene rings is 1. The summed E-state index contributed by atoms with van der Waals surface area (Å²) in [5.74, 6) is -0.596. The predicted molar refractivity (Wildman–Crippen MR) is 111 cm³/mol. The lowest BCUT2D eigenvalue weighted by Gasteiger charge is -2.13. The van der Waals surface area contributed by atoms with E-state index in [0.717, 1.165) is 22.9 Å². The highest BCUT2D eigenvalue weighted by atomic mass is 32.2. The summed E-state index contributed by atoms with van der Waals surface area (Å²) >= 11 is 0.742. The van der Waals surface area contributed by atoms with Gasteiger partial charge in [-0.25, -0.2) is 4.98 Å². The number of ether oxygens (including phenoxy) is 2. The molecule has 0 aliphatic carbocycles. The fraction of sp³-hybridized carbons (Fsp3) is 0.200. The predicted octanol–water partition coefficient (Wildman–Crippen LogP) is 3.77. The summed E-state index contributed by atoms with van der Waals surface area (Å²) in [5.41, 5.74) is 0.494. The first-order valence-corrected chi connectivity index (χ1v) is 9.88. The standard InChI is InChI=1S/C20H17N3O7S/c1-12(2)29-18(24)11-22-19(25)16(31-20(22)26)9-13-3-6-15(7-4-13)30-17-8-5-14(10-21-17)23(27)28/h3-10,12H,11H2,1-2H3/b16-9+. The molecule has 11 heteroatoms. The van der Waals surface area contributed by atoms with E-state index in [9.17, 15) is 24.5 Å². The third-order valence-corrected chi connectivity index (χ3v) is 4.77. The number of hydrogen-bond donors (Lipinski definition) is 0. The van der Waals surface area contributed by atoms with E-state index < -0.39 is 28.6 Å². The highest BCUT2D eigenvalue weighted by Gasteiger charge is 2.36. The largest absolute Gasteiger partial charge is 0.462 e. The van der Waals surface area contributed by atoms with Gasteiger partial charge in [0.2, 0.25) is 5.88 Å². The molecule has 1 saturated heterocycles. The number of carbonyl (C=O) groups is 3. The molecular weight excluding hydrogens is 426 g/mol. The number of nitro groups is 1. The molecule has 0 atom stereocenters. The summed E-state index contributed by atoms with van der Waals surface area (Å²) < 4.78 is 10.5. The molecule has 10 nitrogen and oxygen atoms in total. The van der Waals surface area contributed by atoms with E-state index in [2.05, 4.69) is 4.98 Å². The highest BCUT2D eigenvalue weighted by molar-refractivity contribution is 8.18. The van der Waals surface area contributed by atoms with Gasteiger partial charge in [-0.2, -0.15) is 0 Å². The van der Waals surface area contributed by atoms with Crippen LogP contribution in [-0.2, 0) is 14.3 Å². The summed E-state index contributed by atoms with van der Waals surface area (Å²) in [5, 5.41) is 10.1. The van der Waals surface area contributed by atoms with Crippen LogP contribution in [0, 0.1) is 10.1 Å². The number of thioether (sulfide) groups is 1. The van der Waals surface area contributed by atoms with Crippen LogP contribution in [0.25, 0.3) is 6.08 Å². The summed E-state index contributed by atoms with van der Waals surface area (Å²) in [4.78, 5) is 51.3. The number of amides is 2. The maximum absolute atomic E-state index is 12.5. The lowest BCUT2D eigenvalue weighted by molar-refractivity contribution is -0.385. The van der Waals surface area contributed by atoms with Crippen molar-refractivity contribution in [2.24, 2.45) is 0 Å². The highest BCUT2D eigenvalue weighted by Crippen LogP contribution is 2.32. The van der Waals surface area contributed by atoms with Gasteiger partial charge in [-0.15, -0.1) is 0 Å². The topological polar surface area (TPSA) is 129 Å². The second kappa shape index (κ2) is 9.39. The minimum atomic E-state index is -0.653. The molecule has 160 valence electrons. The molecule has 3 rings (SSSR count). The van der Waals surface area contributed by atoms with E-state index in [-0.39, 0.29) is 22.6 Å². The van der Waals surface area contributed by atoms with Gasteiger partial charge in [0.05, 0.1) is 15.9 Å². The molecule has 0 saturated carbocycles. The van der Waals surface area contributed by atoms with Crippen molar-refractivity contribution in [2.45, 2.75) is 20.0 Å². The van der Waals surface area contributed by atoms with Gasteiger partial charge < -0.3 is 9.47 Å². The van der Waals surface area contributed by atoms with Gasteiger partial charge in [-0.1, -0.05) is 12.1 Å². The van der Waals surface area contributed by atoms with Gasteiger partial charge in [0, 0.05) is 12.1 Å². The second-order valence-electron chi connectivity index (χ2n) is 6.59. The van der Waals surface area contributed by atoms with E-state index in [1.54, 1.807) is 38.1 Å². The SMILES string of the molecule is CC(C)OC(=O)CN1C(=O)S/C(=C/c2ccc(Oc3ccc([N+](=O)[O-])cn3)cc2)C1=O. The van der Waals surface area contributed by atoms with Crippen molar-refractivity contribution in [3.05, 3.63) is 63.2 Å². The maximum atomic E-state index is 12.5. The lowest BCUT2D eigenvalue weighted by Crippen LogP contribution is -2.35. The number of imide groups is 1. The molecule has 2 aromatic rings. The molecule has 0 N–H and O–H groups in total. The van der Waals surface area contributed by atoms with Gasteiger partial charge in [-0.3, -0.25) is 29.4 Å². The van der Waals surface area contributed by atoms with Crippen molar-refractivity contribution in [1.82, 2.24) is 9.88 Å². The molecule has 1 aromatic heterocycles. The summed E-state index contributed by atoms with van der Waals surface area (Å²) in [7, 11) is 0. The minimum absolute atomic E-state index is 0.144. The Bertz CT molecular complexity index is 1050. The van der Waals surface area contributed by atoms with E-state index in [4.69, 9.17) is 9.47 Å². The Morgan fingerprint density at radius 2 is 1.94 bits per heavy atom. The summed E-state index contributed by atoms with van der Waals surface area (Å²) in [6.45, 7) is 2.92.